The number of amides is 1. The second-order valence-corrected chi connectivity index (χ2v) is 7.43. The van der Waals surface area contributed by atoms with Crippen LogP contribution in [0.5, 0.6) is 0 Å². The van der Waals surface area contributed by atoms with Crippen LogP contribution in [0.3, 0.4) is 0 Å². The minimum atomic E-state index is -0.604. The molecule has 0 saturated carbocycles. The van der Waals surface area contributed by atoms with Crippen LogP contribution in [0.15, 0.2) is 30.6 Å². The lowest BCUT2D eigenvalue weighted by Gasteiger charge is -2.24. The van der Waals surface area contributed by atoms with Crippen molar-refractivity contribution in [2.75, 3.05) is 18.0 Å². The number of aromatic nitrogens is 3. The summed E-state index contributed by atoms with van der Waals surface area (Å²) >= 11 is 0. The highest BCUT2D eigenvalue weighted by atomic mass is 16.3. The first-order chi connectivity index (χ1) is 13.5. The van der Waals surface area contributed by atoms with Crippen molar-refractivity contribution in [3.63, 3.8) is 0 Å². The molecular formula is C21H25N5O2. The molecule has 7 heteroatoms. The van der Waals surface area contributed by atoms with Gasteiger partial charge in [0.1, 0.15) is 5.82 Å². The fraction of sp³-hybridized carbons (Fsp3) is 0.429. The Bertz CT molecular complexity index is 927. The zero-order chi connectivity index (χ0) is 19.7. The van der Waals surface area contributed by atoms with Gasteiger partial charge in [0, 0.05) is 49.2 Å². The predicted octanol–water partition coefficient (Wildman–Crippen LogP) is 1.63. The summed E-state index contributed by atoms with van der Waals surface area (Å²) in [6, 6.07) is 3.65. The molecule has 146 valence electrons. The molecule has 1 aliphatic heterocycles. The van der Waals surface area contributed by atoms with Crippen LogP contribution < -0.4 is 10.2 Å². The molecule has 7 nitrogen and oxygen atoms in total. The van der Waals surface area contributed by atoms with E-state index in [-0.39, 0.29) is 11.9 Å². The Morgan fingerprint density at radius 1 is 1.25 bits per heavy atom. The Hall–Kier alpha value is -2.80. The summed E-state index contributed by atoms with van der Waals surface area (Å²) in [5.74, 6) is 0.605. The second-order valence-electron chi connectivity index (χ2n) is 7.43. The van der Waals surface area contributed by atoms with E-state index in [9.17, 15) is 9.90 Å². The van der Waals surface area contributed by atoms with E-state index in [1.165, 1.54) is 6.92 Å². The number of carbonyl (C=O) groups is 1. The highest BCUT2D eigenvalue weighted by Gasteiger charge is 2.34. The fourth-order valence-electron chi connectivity index (χ4n) is 4.08. The van der Waals surface area contributed by atoms with Crippen LogP contribution in [-0.2, 0) is 11.2 Å². The Morgan fingerprint density at radius 3 is 2.86 bits per heavy atom. The summed E-state index contributed by atoms with van der Waals surface area (Å²) in [7, 11) is 0. The molecule has 2 atom stereocenters. The molecule has 1 saturated heterocycles. The van der Waals surface area contributed by atoms with Gasteiger partial charge in [0.2, 0.25) is 5.91 Å². The molecular weight excluding hydrogens is 354 g/mol. The third-order valence-electron chi connectivity index (χ3n) is 5.31. The molecule has 0 radical (unpaired) electrons. The first-order valence-corrected chi connectivity index (χ1v) is 9.71. The number of hydrogen-bond donors (Lipinski definition) is 2. The van der Waals surface area contributed by atoms with Gasteiger partial charge in [0.25, 0.3) is 0 Å². The van der Waals surface area contributed by atoms with E-state index in [1.807, 2.05) is 25.3 Å². The average molecular weight is 379 g/mol. The van der Waals surface area contributed by atoms with Gasteiger partial charge in [-0.15, -0.1) is 0 Å². The van der Waals surface area contributed by atoms with Crippen molar-refractivity contribution in [2.45, 2.75) is 45.3 Å². The Morgan fingerprint density at radius 2 is 2.07 bits per heavy atom. The predicted molar refractivity (Wildman–Crippen MR) is 107 cm³/mol. The number of fused-ring (bicyclic) bond motifs is 1. The molecule has 2 N–H and O–H groups in total. The Balaban J connectivity index is 1.76. The molecule has 2 aromatic rings. The van der Waals surface area contributed by atoms with Gasteiger partial charge in [-0.05, 0) is 38.3 Å². The van der Waals surface area contributed by atoms with Crippen LogP contribution in [-0.4, -0.2) is 51.2 Å². The summed E-state index contributed by atoms with van der Waals surface area (Å²) in [5.41, 5.74) is 5.12. The molecule has 1 fully saturated rings. The number of rotatable bonds is 3. The largest absolute Gasteiger partial charge is 0.389 e. The lowest BCUT2D eigenvalue weighted by Crippen LogP contribution is -2.41. The summed E-state index contributed by atoms with van der Waals surface area (Å²) in [4.78, 5) is 27.1. The molecule has 2 aromatic heterocycles. The molecule has 28 heavy (non-hydrogen) atoms. The van der Waals surface area contributed by atoms with E-state index in [4.69, 9.17) is 0 Å². The maximum Gasteiger partial charge on any atom is 0.217 e. The maximum atomic E-state index is 11.5. The van der Waals surface area contributed by atoms with E-state index in [0.717, 1.165) is 53.3 Å². The van der Waals surface area contributed by atoms with Crippen molar-refractivity contribution in [2.24, 2.45) is 0 Å². The monoisotopic (exact) mass is 379 g/mol. The van der Waals surface area contributed by atoms with Crippen LogP contribution in [0.25, 0.3) is 5.57 Å². The molecule has 0 bridgehead atoms. The van der Waals surface area contributed by atoms with E-state index >= 15 is 0 Å². The summed E-state index contributed by atoms with van der Waals surface area (Å²) in [6.07, 6.45) is 8.15. The normalized spacial score (nSPS) is 21.7. The van der Waals surface area contributed by atoms with Gasteiger partial charge in [0.15, 0.2) is 0 Å². The zero-order valence-electron chi connectivity index (χ0n) is 16.2. The zero-order valence-corrected chi connectivity index (χ0v) is 16.2. The first-order valence-electron chi connectivity index (χ1n) is 9.71. The van der Waals surface area contributed by atoms with Crippen LogP contribution in [0, 0.1) is 6.92 Å². The Labute approximate surface area is 164 Å². The SMILES string of the molecule is CC(=O)NC1CN(c2ccnc3c2C(c2ccnc(C)n2)=CCCC3)CC1O. The lowest BCUT2D eigenvalue weighted by atomic mass is 9.98. The number of nitrogens with one attached hydrogen (secondary N) is 1. The highest BCUT2D eigenvalue weighted by Crippen LogP contribution is 2.37. The second kappa shape index (κ2) is 7.67. The third kappa shape index (κ3) is 3.62. The first kappa shape index (κ1) is 18.6. The van der Waals surface area contributed by atoms with Crippen molar-refractivity contribution in [1.82, 2.24) is 20.3 Å². The maximum absolute atomic E-state index is 11.5. The van der Waals surface area contributed by atoms with Crippen molar-refractivity contribution in [1.29, 1.82) is 0 Å². The van der Waals surface area contributed by atoms with Crippen molar-refractivity contribution >= 4 is 17.2 Å². The molecule has 1 amide bonds. The smallest absolute Gasteiger partial charge is 0.217 e. The number of hydrogen-bond acceptors (Lipinski definition) is 6. The summed E-state index contributed by atoms with van der Waals surface area (Å²) < 4.78 is 0. The standard InChI is InChI=1S/C21H25N5O2/c1-13-22-9-7-16(24-13)15-5-3-4-6-17-21(15)19(8-10-23-17)26-11-18(20(28)12-26)25-14(2)27/h5,7-10,18,20,28H,3-4,6,11-12H2,1-2H3,(H,25,27). The van der Waals surface area contributed by atoms with Crippen LogP contribution in [0.4, 0.5) is 5.69 Å². The minimum absolute atomic E-state index is 0.128. The number of allylic oxidation sites excluding steroid dienone is 1. The number of carbonyl (C=O) groups excluding carboxylic acids is 1. The Kier molecular flexibility index (Phi) is 5.09. The van der Waals surface area contributed by atoms with Gasteiger partial charge < -0.3 is 15.3 Å². The molecule has 4 rings (SSSR count). The number of aliphatic hydroxyl groups excluding tert-OH is 1. The number of anilines is 1. The molecule has 2 unspecified atom stereocenters. The number of aryl methyl sites for hydroxylation is 2. The number of β-amino-alcohol motifs (C(OH)–C–C–N with tert-alkyl or cyclic N) is 1. The van der Waals surface area contributed by atoms with Crippen LogP contribution in [0.2, 0.25) is 0 Å². The van der Waals surface area contributed by atoms with Crippen molar-refractivity contribution in [3.05, 3.63) is 53.4 Å². The van der Waals surface area contributed by atoms with Crippen LogP contribution >= 0.6 is 0 Å². The minimum Gasteiger partial charge on any atom is -0.389 e. The third-order valence-corrected chi connectivity index (χ3v) is 5.31. The van der Waals surface area contributed by atoms with E-state index in [0.29, 0.717) is 13.1 Å². The van der Waals surface area contributed by atoms with Gasteiger partial charge in [0.05, 0.1) is 23.5 Å². The number of nitrogens with zero attached hydrogens (tertiary/aromatic N) is 4. The molecule has 3 heterocycles. The summed E-state index contributed by atoms with van der Waals surface area (Å²) in [6.45, 7) is 4.40. The van der Waals surface area contributed by atoms with Gasteiger partial charge in [-0.2, -0.15) is 0 Å². The number of aliphatic hydroxyl groups is 1. The van der Waals surface area contributed by atoms with E-state index in [2.05, 4.69) is 31.2 Å². The fourth-order valence-corrected chi connectivity index (χ4v) is 4.08. The van der Waals surface area contributed by atoms with Crippen LogP contribution in [0.1, 0.15) is 42.5 Å². The van der Waals surface area contributed by atoms with E-state index in [1.54, 1.807) is 6.20 Å². The number of pyridine rings is 1. The highest BCUT2D eigenvalue weighted by molar-refractivity contribution is 5.87. The molecule has 0 spiro atoms. The van der Waals surface area contributed by atoms with E-state index < -0.39 is 6.10 Å². The molecule has 1 aliphatic carbocycles. The lowest BCUT2D eigenvalue weighted by molar-refractivity contribution is -0.120. The quantitative estimate of drug-likeness (QED) is 0.842. The van der Waals surface area contributed by atoms with Gasteiger partial charge in [-0.1, -0.05) is 6.08 Å². The van der Waals surface area contributed by atoms with Gasteiger partial charge >= 0.3 is 0 Å². The topological polar surface area (TPSA) is 91.2 Å². The van der Waals surface area contributed by atoms with Gasteiger partial charge in [-0.3, -0.25) is 9.78 Å². The van der Waals surface area contributed by atoms with Gasteiger partial charge in [-0.25, -0.2) is 9.97 Å². The average Bonchev–Trinajstić information content (AvgIpc) is 2.88. The molecule has 2 aliphatic rings. The van der Waals surface area contributed by atoms with Crippen molar-refractivity contribution in [3.8, 4) is 0 Å². The molecule has 0 aromatic carbocycles. The summed E-state index contributed by atoms with van der Waals surface area (Å²) in [5, 5.41) is 13.3. The van der Waals surface area contributed by atoms with Crippen molar-refractivity contribution < 1.29 is 9.90 Å².